The van der Waals surface area contributed by atoms with Gasteiger partial charge in [0.05, 0.1) is 0 Å². The van der Waals surface area contributed by atoms with Gasteiger partial charge in [-0.2, -0.15) is 0 Å². The molecule has 0 amide bonds. The highest BCUT2D eigenvalue weighted by Crippen LogP contribution is 2.28. The van der Waals surface area contributed by atoms with E-state index in [1.165, 1.54) is 11.1 Å². The highest BCUT2D eigenvalue weighted by atomic mass is 16.1. The molecule has 20 heavy (non-hydrogen) atoms. The Labute approximate surface area is 118 Å². The summed E-state index contributed by atoms with van der Waals surface area (Å²) in [5, 5.41) is 1.78. The number of nitrogens with zero attached hydrogens (tertiary/aromatic N) is 1. The minimum atomic E-state index is 0.0497. The second-order valence-corrected chi connectivity index (χ2v) is 5.38. The van der Waals surface area contributed by atoms with Crippen LogP contribution >= 0.6 is 0 Å². The summed E-state index contributed by atoms with van der Waals surface area (Å²) >= 11 is 0. The van der Waals surface area contributed by atoms with Crippen molar-refractivity contribution in [3.05, 3.63) is 70.1 Å². The lowest BCUT2D eigenvalue weighted by molar-refractivity contribution is 0.875. The van der Waals surface area contributed by atoms with Gasteiger partial charge in [0.15, 0.2) is 0 Å². The van der Waals surface area contributed by atoms with Crippen molar-refractivity contribution in [1.82, 2.24) is 4.57 Å². The van der Waals surface area contributed by atoms with Crippen LogP contribution in [0, 0.1) is 13.8 Å². The quantitative estimate of drug-likeness (QED) is 0.654. The van der Waals surface area contributed by atoms with Gasteiger partial charge in [-0.1, -0.05) is 47.5 Å². The van der Waals surface area contributed by atoms with Crippen LogP contribution in [-0.4, -0.2) is 4.57 Å². The van der Waals surface area contributed by atoms with Gasteiger partial charge >= 0.3 is 0 Å². The van der Waals surface area contributed by atoms with E-state index < -0.39 is 0 Å². The Bertz CT molecular complexity index is 839. The van der Waals surface area contributed by atoms with E-state index in [0.29, 0.717) is 0 Å². The Hall–Kier alpha value is -2.35. The van der Waals surface area contributed by atoms with E-state index in [-0.39, 0.29) is 5.56 Å². The second kappa shape index (κ2) is 4.64. The second-order valence-electron chi connectivity index (χ2n) is 5.38. The molecule has 2 aromatic carbocycles. The van der Waals surface area contributed by atoms with Crippen molar-refractivity contribution in [3.8, 4) is 11.1 Å². The number of rotatable bonds is 1. The minimum absolute atomic E-state index is 0.0497. The number of aromatic nitrogens is 1. The van der Waals surface area contributed by atoms with E-state index in [2.05, 4.69) is 32.0 Å². The Morgan fingerprint density at radius 1 is 0.900 bits per heavy atom. The van der Waals surface area contributed by atoms with Gasteiger partial charge in [-0.15, -0.1) is 0 Å². The molecule has 100 valence electrons. The van der Waals surface area contributed by atoms with Crippen LogP contribution in [0.3, 0.4) is 0 Å². The topological polar surface area (TPSA) is 22.0 Å². The van der Waals surface area contributed by atoms with Crippen molar-refractivity contribution >= 4 is 10.8 Å². The zero-order valence-corrected chi connectivity index (χ0v) is 12.0. The minimum Gasteiger partial charge on any atom is -0.317 e. The average molecular weight is 263 g/mol. The Morgan fingerprint density at radius 2 is 1.50 bits per heavy atom. The van der Waals surface area contributed by atoms with Crippen LogP contribution in [0.1, 0.15) is 11.1 Å². The molecule has 0 atom stereocenters. The summed E-state index contributed by atoms with van der Waals surface area (Å²) in [5.41, 5.74) is 4.79. The van der Waals surface area contributed by atoms with Gasteiger partial charge in [0.25, 0.3) is 5.56 Å². The number of hydrogen-bond donors (Lipinski definition) is 0. The molecular formula is C18H17NO. The first-order valence-corrected chi connectivity index (χ1v) is 6.73. The van der Waals surface area contributed by atoms with E-state index >= 15 is 0 Å². The largest absolute Gasteiger partial charge is 0.317 e. The van der Waals surface area contributed by atoms with Gasteiger partial charge in [0, 0.05) is 24.2 Å². The molecular weight excluding hydrogens is 246 g/mol. The fourth-order valence-corrected chi connectivity index (χ4v) is 2.78. The summed E-state index contributed by atoms with van der Waals surface area (Å²) in [4.78, 5) is 12.2. The van der Waals surface area contributed by atoms with E-state index in [1.54, 1.807) is 11.6 Å². The van der Waals surface area contributed by atoms with Crippen LogP contribution in [0.4, 0.5) is 0 Å². The molecule has 2 nitrogen and oxygen atoms in total. The maximum absolute atomic E-state index is 12.2. The molecule has 0 radical (unpaired) electrons. The normalized spacial score (nSPS) is 10.9. The van der Waals surface area contributed by atoms with Crippen molar-refractivity contribution in [2.24, 2.45) is 7.05 Å². The van der Waals surface area contributed by atoms with Crippen molar-refractivity contribution in [2.75, 3.05) is 0 Å². The van der Waals surface area contributed by atoms with E-state index in [0.717, 1.165) is 21.9 Å². The number of benzene rings is 2. The lowest BCUT2D eigenvalue weighted by Gasteiger charge is -2.11. The number of aryl methyl sites for hydroxylation is 3. The lowest BCUT2D eigenvalue weighted by Crippen LogP contribution is -2.16. The van der Waals surface area contributed by atoms with Gasteiger partial charge in [-0.05, 0) is 30.9 Å². The van der Waals surface area contributed by atoms with Gasteiger partial charge in [-0.3, -0.25) is 4.79 Å². The fourth-order valence-electron chi connectivity index (χ4n) is 2.78. The first-order chi connectivity index (χ1) is 9.56. The van der Waals surface area contributed by atoms with Gasteiger partial charge in [-0.25, -0.2) is 0 Å². The standard InChI is InChI=1S/C18H17NO/c1-12-8-13(2)10-14(9-12)17-11-19(3)18(20)16-7-5-4-6-15(16)17/h4-11H,1-3H3. The maximum Gasteiger partial charge on any atom is 0.258 e. The van der Waals surface area contributed by atoms with Crippen LogP contribution in [0.2, 0.25) is 0 Å². The lowest BCUT2D eigenvalue weighted by atomic mass is 9.97. The van der Waals surface area contributed by atoms with Crippen molar-refractivity contribution < 1.29 is 0 Å². The zero-order valence-electron chi connectivity index (χ0n) is 12.0. The molecule has 0 spiro atoms. The molecule has 3 rings (SSSR count). The van der Waals surface area contributed by atoms with Gasteiger partial charge < -0.3 is 4.57 Å². The smallest absolute Gasteiger partial charge is 0.258 e. The summed E-state index contributed by atoms with van der Waals surface area (Å²) in [6, 6.07) is 14.3. The summed E-state index contributed by atoms with van der Waals surface area (Å²) in [6.07, 6.45) is 1.93. The molecule has 0 unspecified atom stereocenters. The summed E-state index contributed by atoms with van der Waals surface area (Å²) in [5.74, 6) is 0. The predicted octanol–water partition coefficient (Wildman–Crippen LogP) is 3.82. The van der Waals surface area contributed by atoms with Crippen LogP contribution in [0.25, 0.3) is 21.9 Å². The van der Waals surface area contributed by atoms with Crippen LogP contribution < -0.4 is 5.56 Å². The van der Waals surface area contributed by atoms with Crippen molar-refractivity contribution in [2.45, 2.75) is 13.8 Å². The van der Waals surface area contributed by atoms with E-state index in [1.807, 2.05) is 30.5 Å². The first kappa shape index (κ1) is 12.7. The average Bonchev–Trinajstić information content (AvgIpc) is 2.42. The molecule has 0 aliphatic heterocycles. The molecule has 0 saturated carbocycles. The third-order valence-electron chi connectivity index (χ3n) is 3.62. The third kappa shape index (κ3) is 2.03. The molecule has 0 aliphatic carbocycles. The summed E-state index contributed by atoms with van der Waals surface area (Å²) in [6.45, 7) is 4.20. The Morgan fingerprint density at radius 3 is 2.15 bits per heavy atom. The maximum atomic E-state index is 12.2. The molecule has 1 aromatic heterocycles. The van der Waals surface area contributed by atoms with Gasteiger partial charge in [0.1, 0.15) is 0 Å². The van der Waals surface area contributed by atoms with Crippen molar-refractivity contribution in [1.29, 1.82) is 0 Å². The van der Waals surface area contributed by atoms with Gasteiger partial charge in [0.2, 0.25) is 0 Å². The number of pyridine rings is 1. The molecule has 0 fully saturated rings. The molecule has 3 aromatic rings. The number of fused-ring (bicyclic) bond motifs is 1. The van der Waals surface area contributed by atoms with Crippen LogP contribution in [0.15, 0.2) is 53.5 Å². The van der Waals surface area contributed by atoms with Crippen molar-refractivity contribution in [3.63, 3.8) is 0 Å². The van der Waals surface area contributed by atoms with Crippen LogP contribution in [0.5, 0.6) is 0 Å². The Balaban J connectivity index is 2.42. The van der Waals surface area contributed by atoms with E-state index in [4.69, 9.17) is 0 Å². The summed E-state index contributed by atoms with van der Waals surface area (Å²) < 4.78 is 1.66. The monoisotopic (exact) mass is 263 g/mol. The number of hydrogen-bond acceptors (Lipinski definition) is 1. The van der Waals surface area contributed by atoms with Crippen LogP contribution in [-0.2, 0) is 7.05 Å². The third-order valence-corrected chi connectivity index (χ3v) is 3.62. The molecule has 0 bridgehead atoms. The highest BCUT2D eigenvalue weighted by Gasteiger charge is 2.09. The Kier molecular flexibility index (Phi) is 2.94. The first-order valence-electron chi connectivity index (χ1n) is 6.73. The molecule has 0 N–H and O–H groups in total. The van der Waals surface area contributed by atoms with E-state index in [9.17, 15) is 4.79 Å². The SMILES string of the molecule is Cc1cc(C)cc(-c2cn(C)c(=O)c3ccccc23)c1. The molecule has 0 saturated heterocycles. The summed E-state index contributed by atoms with van der Waals surface area (Å²) in [7, 11) is 1.81. The zero-order chi connectivity index (χ0) is 14.3. The molecule has 2 heteroatoms. The molecule has 0 aliphatic rings. The predicted molar refractivity (Wildman–Crippen MR) is 84.1 cm³/mol. The fraction of sp³-hybridized carbons (Fsp3) is 0.167. The molecule has 1 heterocycles. The highest BCUT2D eigenvalue weighted by molar-refractivity contribution is 5.95.